The van der Waals surface area contributed by atoms with E-state index in [1.807, 2.05) is 0 Å². The SMILES string of the molecule is CC(C)CCC(C)NS(=O)(=O)c1ccc(S(N)(=O)=O)cc1. The van der Waals surface area contributed by atoms with Crippen molar-refractivity contribution in [3.05, 3.63) is 24.3 Å². The molecule has 0 saturated carbocycles. The van der Waals surface area contributed by atoms with Crippen molar-refractivity contribution in [2.24, 2.45) is 11.1 Å². The van der Waals surface area contributed by atoms with E-state index in [0.29, 0.717) is 5.92 Å². The van der Waals surface area contributed by atoms with E-state index in [-0.39, 0.29) is 15.8 Å². The van der Waals surface area contributed by atoms with Crippen molar-refractivity contribution in [1.82, 2.24) is 4.72 Å². The fraction of sp³-hybridized carbons (Fsp3) is 0.538. The van der Waals surface area contributed by atoms with Crippen molar-refractivity contribution < 1.29 is 16.8 Å². The van der Waals surface area contributed by atoms with Crippen molar-refractivity contribution in [3.8, 4) is 0 Å². The lowest BCUT2D eigenvalue weighted by molar-refractivity contribution is 0.485. The molecule has 120 valence electrons. The van der Waals surface area contributed by atoms with Crippen molar-refractivity contribution in [2.75, 3.05) is 0 Å². The van der Waals surface area contributed by atoms with Crippen molar-refractivity contribution >= 4 is 20.0 Å². The number of hydrogen-bond acceptors (Lipinski definition) is 4. The van der Waals surface area contributed by atoms with Crippen molar-refractivity contribution in [3.63, 3.8) is 0 Å². The second-order valence-corrected chi connectivity index (χ2v) is 8.79. The van der Waals surface area contributed by atoms with Gasteiger partial charge in [-0.1, -0.05) is 13.8 Å². The normalized spacial score (nSPS) is 14.3. The van der Waals surface area contributed by atoms with Gasteiger partial charge in [0, 0.05) is 6.04 Å². The predicted octanol–water partition coefficient (Wildman–Crippen LogP) is 1.44. The number of rotatable bonds is 7. The summed E-state index contributed by atoms with van der Waals surface area (Å²) in [5, 5.41) is 4.97. The molecular formula is C13H22N2O4S2. The number of sulfonamides is 2. The molecule has 0 saturated heterocycles. The topological polar surface area (TPSA) is 106 Å². The lowest BCUT2D eigenvalue weighted by Gasteiger charge is -2.15. The van der Waals surface area contributed by atoms with Crippen LogP contribution in [0.3, 0.4) is 0 Å². The van der Waals surface area contributed by atoms with Crippen LogP contribution in [0.4, 0.5) is 0 Å². The van der Waals surface area contributed by atoms with Gasteiger partial charge in [-0.2, -0.15) is 0 Å². The summed E-state index contributed by atoms with van der Waals surface area (Å²) in [6, 6.07) is 4.65. The molecule has 1 unspecified atom stereocenters. The molecule has 0 heterocycles. The van der Waals surface area contributed by atoms with Crippen LogP contribution in [0.2, 0.25) is 0 Å². The van der Waals surface area contributed by atoms with Gasteiger partial charge >= 0.3 is 0 Å². The van der Waals surface area contributed by atoms with Crippen LogP contribution in [-0.2, 0) is 20.0 Å². The average Bonchev–Trinajstić information content (AvgIpc) is 2.35. The molecule has 0 aliphatic rings. The Balaban J connectivity index is 2.84. The second kappa shape index (κ2) is 6.87. The van der Waals surface area contributed by atoms with Gasteiger partial charge in [0.15, 0.2) is 0 Å². The lowest BCUT2D eigenvalue weighted by Crippen LogP contribution is -2.32. The number of nitrogens with two attached hydrogens (primary N) is 1. The Morgan fingerprint density at radius 3 is 1.86 bits per heavy atom. The van der Waals surface area contributed by atoms with E-state index in [9.17, 15) is 16.8 Å². The van der Waals surface area contributed by atoms with Crippen LogP contribution in [0, 0.1) is 5.92 Å². The first-order valence-electron chi connectivity index (χ1n) is 6.67. The van der Waals surface area contributed by atoms with E-state index in [1.54, 1.807) is 6.92 Å². The van der Waals surface area contributed by atoms with Gasteiger partial charge in [-0.3, -0.25) is 0 Å². The summed E-state index contributed by atoms with van der Waals surface area (Å²) in [5.74, 6) is 0.506. The molecule has 1 aromatic rings. The van der Waals surface area contributed by atoms with Crippen LogP contribution in [0.25, 0.3) is 0 Å². The summed E-state index contributed by atoms with van der Waals surface area (Å²) in [4.78, 5) is -0.0967. The van der Waals surface area contributed by atoms with E-state index in [2.05, 4.69) is 18.6 Å². The Morgan fingerprint density at radius 2 is 1.43 bits per heavy atom. The van der Waals surface area contributed by atoms with Gasteiger partial charge in [0.25, 0.3) is 0 Å². The standard InChI is InChI=1S/C13H22N2O4S2/c1-10(2)4-5-11(3)15-21(18,19)13-8-6-12(7-9-13)20(14,16)17/h6-11,15H,4-5H2,1-3H3,(H2,14,16,17). The fourth-order valence-electron chi connectivity index (χ4n) is 1.78. The highest BCUT2D eigenvalue weighted by atomic mass is 32.2. The van der Waals surface area contributed by atoms with Gasteiger partial charge < -0.3 is 0 Å². The van der Waals surface area contributed by atoms with E-state index < -0.39 is 20.0 Å². The predicted molar refractivity (Wildman–Crippen MR) is 81.7 cm³/mol. The Hall–Kier alpha value is -0.960. The molecule has 0 bridgehead atoms. The first-order chi connectivity index (χ1) is 9.52. The van der Waals surface area contributed by atoms with Crippen LogP contribution in [0.15, 0.2) is 34.1 Å². The molecule has 6 nitrogen and oxygen atoms in total. The molecule has 0 amide bonds. The van der Waals surface area contributed by atoms with Gasteiger partial charge in [0.1, 0.15) is 0 Å². The van der Waals surface area contributed by atoms with Crippen molar-refractivity contribution in [2.45, 2.75) is 49.4 Å². The summed E-state index contributed by atoms with van der Waals surface area (Å²) in [5.41, 5.74) is 0. The van der Waals surface area contributed by atoms with Gasteiger partial charge in [-0.05, 0) is 49.9 Å². The van der Waals surface area contributed by atoms with E-state index in [4.69, 9.17) is 5.14 Å². The monoisotopic (exact) mass is 334 g/mol. The smallest absolute Gasteiger partial charge is 0.225 e. The summed E-state index contributed by atoms with van der Waals surface area (Å²) < 4.78 is 49.2. The quantitative estimate of drug-likeness (QED) is 0.786. The summed E-state index contributed by atoms with van der Waals surface area (Å²) in [7, 11) is -7.48. The van der Waals surface area contributed by atoms with E-state index in [1.165, 1.54) is 24.3 Å². The molecule has 0 aliphatic carbocycles. The molecule has 8 heteroatoms. The van der Waals surface area contributed by atoms with Gasteiger partial charge in [-0.25, -0.2) is 26.7 Å². The number of hydrogen-bond donors (Lipinski definition) is 2. The minimum absolute atomic E-state index is 0.0197. The first-order valence-corrected chi connectivity index (χ1v) is 9.70. The van der Waals surface area contributed by atoms with E-state index >= 15 is 0 Å². The lowest BCUT2D eigenvalue weighted by atomic mass is 10.1. The molecule has 0 spiro atoms. The highest BCUT2D eigenvalue weighted by molar-refractivity contribution is 7.89. The average molecular weight is 334 g/mol. The molecule has 0 radical (unpaired) electrons. The Labute approximate surface area is 126 Å². The molecule has 21 heavy (non-hydrogen) atoms. The summed E-state index contributed by atoms with van der Waals surface area (Å²) in [6.07, 6.45) is 1.67. The number of nitrogens with one attached hydrogen (secondary N) is 1. The van der Waals surface area contributed by atoms with Gasteiger partial charge in [-0.15, -0.1) is 0 Å². The Bertz CT molecular complexity index is 665. The number of benzene rings is 1. The Morgan fingerprint density at radius 1 is 0.952 bits per heavy atom. The third-order valence-corrected chi connectivity index (χ3v) is 5.53. The van der Waals surface area contributed by atoms with Crippen LogP contribution >= 0.6 is 0 Å². The highest BCUT2D eigenvalue weighted by Gasteiger charge is 2.18. The maximum atomic E-state index is 12.2. The number of primary sulfonamides is 1. The zero-order chi connectivity index (χ0) is 16.3. The zero-order valence-corrected chi connectivity index (χ0v) is 14.0. The molecule has 0 aromatic heterocycles. The molecule has 1 rings (SSSR count). The molecule has 0 fully saturated rings. The van der Waals surface area contributed by atoms with Crippen LogP contribution in [-0.4, -0.2) is 22.9 Å². The summed E-state index contributed by atoms with van der Waals surface area (Å²) in [6.45, 7) is 5.96. The maximum Gasteiger partial charge on any atom is 0.240 e. The minimum Gasteiger partial charge on any atom is -0.225 e. The third kappa shape index (κ3) is 5.74. The molecule has 3 N–H and O–H groups in total. The van der Waals surface area contributed by atoms with Gasteiger partial charge in [0.05, 0.1) is 9.79 Å². The van der Waals surface area contributed by atoms with Crippen LogP contribution in [0.1, 0.15) is 33.6 Å². The molecule has 0 aliphatic heterocycles. The highest BCUT2D eigenvalue weighted by Crippen LogP contribution is 2.15. The Kier molecular flexibility index (Phi) is 5.92. The second-order valence-electron chi connectivity index (χ2n) is 5.51. The largest absolute Gasteiger partial charge is 0.240 e. The maximum absolute atomic E-state index is 12.2. The molecular weight excluding hydrogens is 312 g/mol. The fourth-order valence-corrected chi connectivity index (χ4v) is 3.58. The van der Waals surface area contributed by atoms with Crippen molar-refractivity contribution in [1.29, 1.82) is 0 Å². The molecule has 1 aromatic carbocycles. The first kappa shape index (κ1) is 18.1. The van der Waals surface area contributed by atoms with Crippen LogP contribution < -0.4 is 9.86 Å². The van der Waals surface area contributed by atoms with Gasteiger partial charge in [0.2, 0.25) is 20.0 Å². The zero-order valence-electron chi connectivity index (χ0n) is 12.4. The van der Waals surface area contributed by atoms with E-state index in [0.717, 1.165) is 12.8 Å². The van der Waals surface area contributed by atoms with Crippen LogP contribution in [0.5, 0.6) is 0 Å². The summed E-state index contributed by atoms with van der Waals surface area (Å²) >= 11 is 0. The third-order valence-electron chi connectivity index (χ3n) is 3.00. The minimum atomic E-state index is -3.82. The molecule has 1 atom stereocenters.